The molecule has 3 heteroatoms. The summed E-state index contributed by atoms with van der Waals surface area (Å²) in [5.74, 6) is 0.963. The Bertz CT molecular complexity index is 390. The molecule has 0 bridgehead atoms. The van der Waals surface area contributed by atoms with Crippen LogP contribution in [0.3, 0.4) is 0 Å². The fourth-order valence-electron chi connectivity index (χ4n) is 2.84. The SMILES string of the molecule is CCOc1ccc(N2CCC(C)NC(CC)CC2)cc1. The van der Waals surface area contributed by atoms with Crippen molar-refractivity contribution in [3.8, 4) is 5.75 Å². The van der Waals surface area contributed by atoms with Crippen LogP contribution < -0.4 is 15.0 Å². The topological polar surface area (TPSA) is 24.5 Å². The highest BCUT2D eigenvalue weighted by Crippen LogP contribution is 2.21. The minimum Gasteiger partial charge on any atom is -0.494 e. The highest BCUT2D eigenvalue weighted by molar-refractivity contribution is 5.49. The molecule has 0 saturated carbocycles. The van der Waals surface area contributed by atoms with Crippen LogP contribution in [0.2, 0.25) is 0 Å². The van der Waals surface area contributed by atoms with Gasteiger partial charge in [0, 0.05) is 30.9 Å². The monoisotopic (exact) mass is 276 g/mol. The molecule has 1 heterocycles. The molecule has 1 aliphatic heterocycles. The summed E-state index contributed by atoms with van der Waals surface area (Å²) in [5, 5.41) is 3.72. The average Bonchev–Trinajstić information content (AvgIpc) is 2.45. The van der Waals surface area contributed by atoms with Gasteiger partial charge in [-0.25, -0.2) is 0 Å². The van der Waals surface area contributed by atoms with E-state index in [1.165, 1.54) is 24.9 Å². The number of hydrogen-bond donors (Lipinski definition) is 1. The first-order valence-electron chi connectivity index (χ1n) is 7.96. The molecule has 0 radical (unpaired) electrons. The molecule has 0 aliphatic carbocycles. The third kappa shape index (κ3) is 4.14. The van der Waals surface area contributed by atoms with Crippen molar-refractivity contribution >= 4 is 5.69 Å². The lowest BCUT2D eigenvalue weighted by Crippen LogP contribution is -2.44. The molecule has 112 valence electrons. The summed E-state index contributed by atoms with van der Waals surface area (Å²) in [4.78, 5) is 2.51. The molecular weight excluding hydrogens is 248 g/mol. The lowest BCUT2D eigenvalue weighted by atomic mass is 10.1. The molecule has 0 aromatic heterocycles. The van der Waals surface area contributed by atoms with E-state index in [2.05, 4.69) is 48.3 Å². The van der Waals surface area contributed by atoms with E-state index >= 15 is 0 Å². The maximum absolute atomic E-state index is 5.52. The van der Waals surface area contributed by atoms with E-state index in [1.54, 1.807) is 0 Å². The van der Waals surface area contributed by atoms with Gasteiger partial charge in [0.15, 0.2) is 0 Å². The number of anilines is 1. The van der Waals surface area contributed by atoms with Crippen molar-refractivity contribution in [2.45, 2.75) is 52.1 Å². The Kier molecular flexibility index (Phi) is 5.72. The van der Waals surface area contributed by atoms with Crippen molar-refractivity contribution < 1.29 is 4.74 Å². The quantitative estimate of drug-likeness (QED) is 0.911. The minimum atomic E-state index is 0.602. The molecule has 2 atom stereocenters. The Hall–Kier alpha value is -1.22. The predicted octanol–water partition coefficient (Wildman–Crippen LogP) is 3.44. The molecular formula is C17H28N2O. The summed E-state index contributed by atoms with van der Waals surface area (Å²) in [7, 11) is 0. The molecule has 1 saturated heterocycles. The fourth-order valence-corrected chi connectivity index (χ4v) is 2.84. The predicted molar refractivity (Wildman–Crippen MR) is 85.7 cm³/mol. The number of benzene rings is 1. The second kappa shape index (κ2) is 7.53. The third-order valence-corrected chi connectivity index (χ3v) is 4.11. The van der Waals surface area contributed by atoms with Crippen LogP contribution in [-0.2, 0) is 0 Å². The molecule has 1 aliphatic rings. The van der Waals surface area contributed by atoms with E-state index in [-0.39, 0.29) is 0 Å². The Morgan fingerprint density at radius 3 is 2.50 bits per heavy atom. The van der Waals surface area contributed by atoms with Crippen LogP contribution >= 0.6 is 0 Å². The molecule has 1 aromatic carbocycles. The maximum atomic E-state index is 5.52. The van der Waals surface area contributed by atoms with Crippen LogP contribution in [0.1, 0.15) is 40.0 Å². The van der Waals surface area contributed by atoms with Crippen LogP contribution in [0.5, 0.6) is 5.75 Å². The van der Waals surface area contributed by atoms with Crippen molar-refractivity contribution in [2.24, 2.45) is 0 Å². The van der Waals surface area contributed by atoms with E-state index in [9.17, 15) is 0 Å². The summed E-state index contributed by atoms with van der Waals surface area (Å²) in [6, 6.07) is 9.78. The van der Waals surface area contributed by atoms with E-state index in [0.29, 0.717) is 12.1 Å². The number of nitrogens with zero attached hydrogens (tertiary/aromatic N) is 1. The van der Waals surface area contributed by atoms with Gasteiger partial charge in [-0.3, -0.25) is 0 Å². The van der Waals surface area contributed by atoms with Crippen molar-refractivity contribution in [1.82, 2.24) is 5.32 Å². The van der Waals surface area contributed by atoms with Gasteiger partial charge < -0.3 is 15.0 Å². The summed E-state index contributed by atoms with van der Waals surface area (Å²) in [5.41, 5.74) is 1.32. The van der Waals surface area contributed by atoms with E-state index in [4.69, 9.17) is 4.74 Å². The molecule has 0 spiro atoms. The van der Waals surface area contributed by atoms with Gasteiger partial charge in [-0.2, -0.15) is 0 Å². The first kappa shape index (κ1) is 15.2. The second-order valence-corrected chi connectivity index (χ2v) is 5.66. The largest absolute Gasteiger partial charge is 0.494 e. The van der Waals surface area contributed by atoms with Crippen molar-refractivity contribution in [1.29, 1.82) is 0 Å². The van der Waals surface area contributed by atoms with Gasteiger partial charge in [0.05, 0.1) is 6.61 Å². The van der Waals surface area contributed by atoms with Gasteiger partial charge >= 0.3 is 0 Å². The maximum Gasteiger partial charge on any atom is 0.119 e. The first-order chi connectivity index (χ1) is 9.72. The standard InChI is InChI=1S/C17H28N2O/c1-4-15-11-13-19(12-10-14(3)18-15)16-6-8-17(9-7-16)20-5-2/h6-9,14-15,18H,4-5,10-13H2,1-3H3. The molecule has 20 heavy (non-hydrogen) atoms. The van der Waals surface area contributed by atoms with Crippen LogP contribution in [0, 0.1) is 0 Å². The van der Waals surface area contributed by atoms with Crippen LogP contribution in [-0.4, -0.2) is 31.8 Å². The van der Waals surface area contributed by atoms with Crippen molar-refractivity contribution in [2.75, 3.05) is 24.6 Å². The van der Waals surface area contributed by atoms with Gasteiger partial charge in [0.1, 0.15) is 5.75 Å². The molecule has 0 amide bonds. The zero-order chi connectivity index (χ0) is 14.4. The zero-order valence-electron chi connectivity index (χ0n) is 13.1. The number of rotatable bonds is 4. The molecule has 1 aromatic rings. The summed E-state index contributed by atoms with van der Waals surface area (Å²) in [6.45, 7) is 9.57. The smallest absolute Gasteiger partial charge is 0.119 e. The lowest BCUT2D eigenvalue weighted by Gasteiger charge is -2.33. The van der Waals surface area contributed by atoms with Crippen LogP contribution in [0.4, 0.5) is 5.69 Å². The summed E-state index contributed by atoms with van der Waals surface area (Å²) in [6.07, 6.45) is 3.62. The normalized spacial score (nSPS) is 24.1. The second-order valence-electron chi connectivity index (χ2n) is 5.66. The third-order valence-electron chi connectivity index (χ3n) is 4.11. The lowest BCUT2D eigenvalue weighted by molar-refractivity contribution is 0.340. The van der Waals surface area contributed by atoms with E-state index in [1.807, 2.05) is 6.92 Å². The van der Waals surface area contributed by atoms with Gasteiger partial charge in [-0.15, -0.1) is 0 Å². The van der Waals surface area contributed by atoms with E-state index < -0.39 is 0 Å². The van der Waals surface area contributed by atoms with Crippen molar-refractivity contribution in [3.05, 3.63) is 24.3 Å². The number of ether oxygens (including phenoxy) is 1. The molecule has 2 unspecified atom stereocenters. The number of nitrogens with one attached hydrogen (secondary N) is 1. The van der Waals surface area contributed by atoms with Gasteiger partial charge in [-0.1, -0.05) is 6.92 Å². The molecule has 1 fully saturated rings. The first-order valence-corrected chi connectivity index (χ1v) is 7.96. The van der Waals surface area contributed by atoms with Gasteiger partial charge in [-0.05, 0) is 57.4 Å². The van der Waals surface area contributed by atoms with Gasteiger partial charge in [0.2, 0.25) is 0 Å². The van der Waals surface area contributed by atoms with Crippen molar-refractivity contribution in [3.63, 3.8) is 0 Å². The zero-order valence-corrected chi connectivity index (χ0v) is 13.1. The average molecular weight is 276 g/mol. The highest BCUT2D eigenvalue weighted by Gasteiger charge is 2.17. The molecule has 3 nitrogen and oxygen atoms in total. The minimum absolute atomic E-state index is 0.602. The van der Waals surface area contributed by atoms with Gasteiger partial charge in [0.25, 0.3) is 0 Å². The molecule has 1 N–H and O–H groups in total. The Morgan fingerprint density at radius 1 is 1.15 bits per heavy atom. The highest BCUT2D eigenvalue weighted by atomic mass is 16.5. The summed E-state index contributed by atoms with van der Waals surface area (Å²) >= 11 is 0. The Morgan fingerprint density at radius 2 is 1.85 bits per heavy atom. The van der Waals surface area contributed by atoms with Crippen LogP contribution in [0.25, 0.3) is 0 Å². The molecule has 2 rings (SSSR count). The Labute approximate surface area is 123 Å². The van der Waals surface area contributed by atoms with E-state index in [0.717, 1.165) is 25.4 Å². The summed E-state index contributed by atoms with van der Waals surface area (Å²) < 4.78 is 5.52. The Balaban J connectivity index is 2.02. The number of hydrogen-bond acceptors (Lipinski definition) is 3. The van der Waals surface area contributed by atoms with Crippen LogP contribution in [0.15, 0.2) is 24.3 Å². The fraction of sp³-hybridized carbons (Fsp3) is 0.647.